The van der Waals surface area contributed by atoms with E-state index in [0.717, 1.165) is 0 Å². The summed E-state index contributed by atoms with van der Waals surface area (Å²) in [6.45, 7) is 0. The Labute approximate surface area is 137 Å². The van der Waals surface area contributed by atoms with Crippen LogP contribution in [0.25, 0.3) is 0 Å². The molecule has 0 aliphatic rings. The van der Waals surface area contributed by atoms with Gasteiger partial charge in [-0.25, -0.2) is 9.98 Å². The van der Waals surface area contributed by atoms with Gasteiger partial charge in [0.25, 0.3) is 11.5 Å². The predicted molar refractivity (Wildman–Crippen MR) is 79.8 cm³/mol. The molecular formula is C12H9Cl2F3N5O+. The molecule has 11 heteroatoms. The summed E-state index contributed by atoms with van der Waals surface area (Å²) in [4.78, 5) is 18.9. The van der Waals surface area contributed by atoms with E-state index in [1.165, 1.54) is 18.2 Å². The average Bonchev–Trinajstić information content (AvgIpc) is 2.35. The summed E-state index contributed by atoms with van der Waals surface area (Å²) in [5.74, 6) is -0.659. The third-order valence-corrected chi connectivity index (χ3v) is 2.86. The number of aromatic amines is 1. The van der Waals surface area contributed by atoms with Gasteiger partial charge in [0.2, 0.25) is 0 Å². The van der Waals surface area contributed by atoms with E-state index in [1.54, 1.807) is 0 Å². The lowest BCUT2D eigenvalue weighted by molar-refractivity contribution is -0.366. The van der Waals surface area contributed by atoms with Crippen molar-refractivity contribution in [2.75, 3.05) is 5.32 Å². The van der Waals surface area contributed by atoms with Gasteiger partial charge in [0.1, 0.15) is 0 Å². The number of hydrogen-bond donors (Lipinski definition) is 4. The first kappa shape index (κ1) is 17.1. The summed E-state index contributed by atoms with van der Waals surface area (Å²) in [5.41, 5.74) is 3.68. The predicted octanol–water partition coefficient (Wildman–Crippen LogP) is 1.23. The number of alkyl halides is 3. The number of nitrogens with two attached hydrogens (primary N) is 1. The van der Waals surface area contributed by atoms with Gasteiger partial charge in [-0.05, 0) is 18.2 Å². The Morgan fingerprint density at radius 1 is 1.22 bits per heavy atom. The molecule has 0 aliphatic carbocycles. The minimum atomic E-state index is -4.76. The first-order chi connectivity index (χ1) is 10.6. The van der Waals surface area contributed by atoms with E-state index in [4.69, 9.17) is 28.9 Å². The SMILES string of the molecule is NC(Nc1cc(Cl)cc(Cl)c1)=[NH+]c1nc(C(F)(F)F)cc(=O)[nH]1. The molecule has 122 valence electrons. The average molecular weight is 367 g/mol. The van der Waals surface area contributed by atoms with Crippen molar-refractivity contribution in [1.82, 2.24) is 9.97 Å². The molecule has 0 atom stereocenters. The van der Waals surface area contributed by atoms with E-state index >= 15 is 0 Å². The molecule has 0 aliphatic heterocycles. The van der Waals surface area contributed by atoms with Crippen molar-refractivity contribution >= 4 is 40.8 Å². The Bertz CT molecular complexity index is 799. The van der Waals surface area contributed by atoms with E-state index < -0.39 is 23.4 Å². The van der Waals surface area contributed by atoms with Gasteiger partial charge in [-0.1, -0.05) is 23.2 Å². The molecule has 1 heterocycles. The fourth-order valence-corrected chi connectivity index (χ4v) is 2.13. The lowest BCUT2D eigenvalue weighted by Crippen LogP contribution is -2.73. The van der Waals surface area contributed by atoms with Crippen molar-refractivity contribution in [1.29, 1.82) is 0 Å². The number of hydrogen-bond acceptors (Lipinski definition) is 2. The number of nitrogens with one attached hydrogen (secondary N) is 3. The van der Waals surface area contributed by atoms with Crippen LogP contribution in [-0.4, -0.2) is 15.9 Å². The minimum Gasteiger partial charge on any atom is -0.322 e. The molecule has 1 aromatic carbocycles. The van der Waals surface area contributed by atoms with Crippen molar-refractivity contribution < 1.29 is 18.2 Å². The van der Waals surface area contributed by atoms with Crippen LogP contribution < -0.4 is 21.6 Å². The highest BCUT2D eigenvalue weighted by Gasteiger charge is 2.35. The van der Waals surface area contributed by atoms with Gasteiger partial charge in [-0.15, -0.1) is 4.98 Å². The summed E-state index contributed by atoms with van der Waals surface area (Å²) in [7, 11) is 0. The van der Waals surface area contributed by atoms with Gasteiger partial charge in [-0.3, -0.25) is 10.1 Å². The van der Waals surface area contributed by atoms with Crippen molar-refractivity contribution in [3.8, 4) is 0 Å². The maximum Gasteiger partial charge on any atom is 0.443 e. The van der Waals surface area contributed by atoms with Crippen LogP contribution in [0.2, 0.25) is 10.0 Å². The third-order valence-electron chi connectivity index (χ3n) is 2.43. The van der Waals surface area contributed by atoms with Crippen LogP contribution in [0.3, 0.4) is 0 Å². The van der Waals surface area contributed by atoms with E-state index in [1.807, 2.05) is 0 Å². The standard InChI is InChI=1S/C12H8Cl2F3N5O/c13-5-1-6(14)3-7(2-5)19-10(18)22-11-20-8(12(15,16)17)4-9(23)21-11/h1-4H,(H4,18,19,20,21,22,23)/p+1. The lowest BCUT2D eigenvalue weighted by Gasteiger charge is -2.04. The largest absolute Gasteiger partial charge is 0.443 e. The van der Waals surface area contributed by atoms with Crippen LogP contribution in [0.1, 0.15) is 5.69 Å². The molecule has 2 aromatic rings. The molecule has 1 aromatic heterocycles. The Morgan fingerprint density at radius 3 is 2.39 bits per heavy atom. The van der Waals surface area contributed by atoms with Crippen LogP contribution >= 0.6 is 23.2 Å². The molecule has 2 rings (SSSR count). The number of aromatic nitrogens is 2. The zero-order valence-corrected chi connectivity index (χ0v) is 12.6. The number of halogens is 5. The molecule has 0 amide bonds. The van der Waals surface area contributed by atoms with Crippen LogP contribution in [0.5, 0.6) is 0 Å². The van der Waals surface area contributed by atoms with Gasteiger partial charge < -0.3 is 5.73 Å². The number of anilines is 1. The van der Waals surface area contributed by atoms with Gasteiger partial charge in [-0.2, -0.15) is 13.2 Å². The zero-order valence-electron chi connectivity index (χ0n) is 11.1. The normalized spacial score (nSPS) is 12.3. The Balaban J connectivity index is 2.30. The van der Waals surface area contributed by atoms with Crippen LogP contribution in [-0.2, 0) is 6.18 Å². The smallest absolute Gasteiger partial charge is 0.322 e. The molecule has 0 fully saturated rings. The van der Waals surface area contributed by atoms with Gasteiger partial charge in [0, 0.05) is 10.0 Å². The Hall–Kier alpha value is -2.26. The first-order valence-electron chi connectivity index (χ1n) is 5.94. The number of benzene rings is 1. The highest BCUT2D eigenvalue weighted by atomic mass is 35.5. The van der Waals surface area contributed by atoms with E-state index in [0.29, 0.717) is 21.8 Å². The van der Waals surface area contributed by atoms with Crippen LogP contribution in [0, 0.1) is 0 Å². The molecule has 0 unspecified atom stereocenters. The number of H-pyrrole nitrogens is 1. The Kier molecular flexibility index (Phi) is 4.81. The zero-order chi connectivity index (χ0) is 17.2. The highest BCUT2D eigenvalue weighted by molar-refractivity contribution is 6.35. The Morgan fingerprint density at radius 2 is 1.83 bits per heavy atom. The topological polar surface area (TPSA) is 97.8 Å². The van der Waals surface area contributed by atoms with E-state index in [-0.39, 0.29) is 5.96 Å². The monoisotopic (exact) mass is 366 g/mol. The second-order valence-electron chi connectivity index (χ2n) is 4.30. The third kappa shape index (κ3) is 4.86. The maximum atomic E-state index is 12.6. The van der Waals surface area contributed by atoms with Gasteiger partial charge in [0.15, 0.2) is 5.69 Å². The molecule has 0 bridgehead atoms. The second-order valence-corrected chi connectivity index (χ2v) is 5.17. The summed E-state index contributed by atoms with van der Waals surface area (Å²) < 4.78 is 37.8. The molecule has 0 spiro atoms. The van der Waals surface area contributed by atoms with E-state index in [2.05, 4.69) is 20.3 Å². The van der Waals surface area contributed by atoms with Crippen LogP contribution in [0.15, 0.2) is 29.1 Å². The summed E-state index contributed by atoms with van der Waals surface area (Å²) in [5, 5.41) is 3.28. The summed E-state index contributed by atoms with van der Waals surface area (Å²) in [6.07, 6.45) is -4.76. The lowest BCUT2D eigenvalue weighted by atomic mass is 10.3. The highest BCUT2D eigenvalue weighted by Crippen LogP contribution is 2.26. The maximum absolute atomic E-state index is 12.6. The minimum absolute atomic E-state index is 0.189. The number of guanidine groups is 1. The van der Waals surface area contributed by atoms with E-state index in [9.17, 15) is 18.0 Å². The van der Waals surface area contributed by atoms with Crippen molar-refractivity contribution in [3.05, 3.63) is 50.4 Å². The molecule has 0 saturated heterocycles. The van der Waals surface area contributed by atoms with Gasteiger partial charge >= 0.3 is 12.1 Å². The first-order valence-corrected chi connectivity index (χ1v) is 6.70. The molecule has 5 N–H and O–H groups in total. The molecule has 0 radical (unpaired) electrons. The molecule has 0 saturated carbocycles. The fourth-order valence-electron chi connectivity index (χ4n) is 1.60. The van der Waals surface area contributed by atoms with Crippen molar-refractivity contribution in [2.24, 2.45) is 5.73 Å². The molecular weight excluding hydrogens is 358 g/mol. The summed E-state index contributed by atoms with van der Waals surface area (Å²) in [6, 6.07) is 4.81. The number of nitrogens with zero attached hydrogens (tertiary/aromatic N) is 1. The van der Waals surface area contributed by atoms with Crippen LogP contribution in [0.4, 0.5) is 24.8 Å². The molecule has 23 heavy (non-hydrogen) atoms. The molecule has 6 nitrogen and oxygen atoms in total. The van der Waals surface area contributed by atoms with Gasteiger partial charge in [0.05, 0.1) is 11.8 Å². The summed E-state index contributed by atoms with van der Waals surface area (Å²) >= 11 is 11.6. The number of rotatable bonds is 2. The second kappa shape index (κ2) is 6.47. The fraction of sp³-hybridized carbons (Fsp3) is 0.0833. The quantitative estimate of drug-likeness (QED) is 0.474. The van der Waals surface area contributed by atoms with Crippen molar-refractivity contribution in [2.45, 2.75) is 6.18 Å². The van der Waals surface area contributed by atoms with Crippen molar-refractivity contribution in [3.63, 3.8) is 0 Å².